The van der Waals surface area contributed by atoms with Crippen molar-refractivity contribution in [2.45, 2.75) is 40.5 Å². The molecule has 0 N–H and O–H groups in total. The van der Waals surface area contributed by atoms with Crippen molar-refractivity contribution in [1.29, 1.82) is 5.26 Å². The van der Waals surface area contributed by atoms with E-state index in [4.69, 9.17) is 5.26 Å². The van der Waals surface area contributed by atoms with Gasteiger partial charge in [0.1, 0.15) is 0 Å². The van der Waals surface area contributed by atoms with E-state index in [1.54, 1.807) is 0 Å². The van der Waals surface area contributed by atoms with Gasteiger partial charge in [0.25, 0.3) is 0 Å². The number of rotatable bonds is 3. The monoisotopic (exact) mass is 201 g/mol. The molecule has 0 radical (unpaired) electrons. The second-order valence-electron chi connectivity index (χ2n) is 4.32. The van der Waals surface area contributed by atoms with Crippen LogP contribution in [0.5, 0.6) is 0 Å². The Kier molecular flexibility index (Phi) is 3.91. The molecule has 0 bridgehead atoms. The molecule has 1 heteroatoms. The number of aryl methyl sites for hydroxylation is 3. The Morgan fingerprint density at radius 3 is 2.13 bits per heavy atom. The van der Waals surface area contributed by atoms with E-state index in [9.17, 15) is 0 Å². The van der Waals surface area contributed by atoms with Gasteiger partial charge in [0.05, 0.1) is 12.0 Å². The second kappa shape index (κ2) is 4.98. The van der Waals surface area contributed by atoms with Gasteiger partial charge in [-0.25, -0.2) is 0 Å². The SMILES string of the molecule is CCC(C#N)Cc1c(C)cc(C)cc1C. The summed E-state index contributed by atoms with van der Waals surface area (Å²) in [6, 6.07) is 6.77. The van der Waals surface area contributed by atoms with Gasteiger partial charge in [-0.3, -0.25) is 0 Å². The van der Waals surface area contributed by atoms with Crippen LogP contribution in [-0.4, -0.2) is 0 Å². The summed E-state index contributed by atoms with van der Waals surface area (Å²) in [6.07, 6.45) is 1.83. The summed E-state index contributed by atoms with van der Waals surface area (Å²) in [5.41, 5.74) is 5.30. The van der Waals surface area contributed by atoms with Crippen LogP contribution in [0, 0.1) is 38.0 Å². The van der Waals surface area contributed by atoms with Crippen molar-refractivity contribution in [1.82, 2.24) is 0 Å². The fraction of sp³-hybridized carbons (Fsp3) is 0.500. The summed E-state index contributed by atoms with van der Waals surface area (Å²) >= 11 is 0. The van der Waals surface area contributed by atoms with E-state index < -0.39 is 0 Å². The van der Waals surface area contributed by atoms with Gasteiger partial charge < -0.3 is 0 Å². The topological polar surface area (TPSA) is 23.8 Å². The summed E-state index contributed by atoms with van der Waals surface area (Å²) in [7, 11) is 0. The molecule has 1 aromatic carbocycles. The van der Waals surface area contributed by atoms with Crippen molar-refractivity contribution >= 4 is 0 Å². The second-order valence-corrected chi connectivity index (χ2v) is 4.32. The first kappa shape index (κ1) is 11.8. The number of nitriles is 1. The van der Waals surface area contributed by atoms with E-state index in [1.165, 1.54) is 22.3 Å². The van der Waals surface area contributed by atoms with Crippen LogP contribution < -0.4 is 0 Å². The Hall–Kier alpha value is -1.29. The third-order valence-corrected chi connectivity index (χ3v) is 2.97. The van der Waals surface area contributed by atoms with Crippen LogP contribution in [0.3, 0.4) is 0 Å². The quantitative estimate of drug-likeness (QED) is 0.731. The third kappa shape index (κ3) is 2.83. The van der Waals surface area contributed by atoms with Crippen LogP contribution in [0.2, 0.25) is 0 Å². The first-order valence-electron chi connectivity index (χ1n) is 5.54. The summed E-state index contributed by atoms with van der Waals surface area (Å²) in [4.78, 5) is 0. The van der Waals surface area contributed by atoms with Crippen molar-refractivity contribution in [3.05, 3.63) is 34.4 Å². The Morgan fingerprint density at radius 1 is 1.20 bits per heavy atom. The zero-order chi connectivity index (χ0) is 11.4. The highest BCUT2D eigenvalue weighted by Crippen LogP contribution is 2.20. The number of hydrogen-bond acceptors (Lipinski definition) is 1. The molecule has 1 atom stereocenters. The third-order valence-electron chi connectivity index (χ3n) is 2.97. The highest BCUT2D eigenvalue weighted by molar-refractivity contribution is 5.38. The Morgan fingerprint density at radius 2 is 1.73 bits per heavy atom. The molecule has 0 fully saturated rings. The van der Waals surface area contributed by atoms with E-state index in [0.717, 1.165) is 12.8 Å². The van der Waals surface area contributed by atoms with Crippen molar-refractivity contribution in [2.75, 3.05) is 0 Å². The number of benzene rings is 1. The highest BCUT2D eigenvalue weighted by atomic mass is 14.3. The summed E-state index contributed by atoms with van der Waals surface area (Å²) < 4.78 is 0. The van der Waals surface area contributed by atoms with Gasteiger partial charge in [-0.05, 0) is 50.3 Å². The molecule has 0 aliphatic heterocycles. The van der Waals surface area contributed by atoms with Gasteiger partial charge >= 0.3 is 0 Å². The molecule has 80 valence electrons. The highest BCUT2D eigenvalue weighted by Gasteiger charge is 2.10. The van der Waals surface area contributed by atoms with Gasteiger partial charge in [0, 0.05) is 0 Å². The normalized spacial score (nSPS) is 12.2. The fourth-order valence-electron chi connectivity index (χ4n) is 2.06. The number of hydrogen-bond donors (Lipinski definition) is 0. The van der Waals surface area contributed by atoms with Crippen molar-refractivity contribution in [3.8, 4) is 6.07 Å². The molecular formula is C14H19N. The average molecular weight is 201 g/mol. The largest absolute Gasteiger partial charge is 0.198 e. The molecule has 1 unspecified atom stereocenters. The van der Waals surface area contributed by atoms with Crippen LogP contribution in [0.15, 0.2) is 12.1 Å². The minimum absolute atomic E-state index is 0.158. The Labute approximate surface area is 92.7 Å². The maximum Gasteiger partial charge on any atom is 0.0659 e. The zero-order valence-electron chi connectivity index (χ0n) is 10.1. The zero-order valence-corrected chi connectivity index (χ0v) is 10.1. The number of nitrogens with zero attached hydrogens (tertiary/aromatic N) is 1. The van der Waals surface area contributed by atoms with Gasteiger partial charge in [0.15, 0.2) is 0 Å². The Bertz CT molecular complexity index is 362. The van der Waals surface area contributed by atoms with Crippen molar-refractivity contribution in [2.24, 2.45) is 5.92 Å². The van der Waals surface area contributed by atoms with Crippen LogP contribution in [0.4, 0.5) is 0 Å². The minimum atomic E-state index is 0.158. The minimum Gasteiger partial charge on any atom is -0.198 e. The molecule has 1 aromatic rings. The molecule has 1 rings (SSSR count). The lowest BCUT2D eigenvalue weighted by Crippen LogP contribution is -2.04. The molecule has 15 heavy (non-hydrogen) atoms. The maximum absolute atomic E-state index is 8.97. The lowest BCUT2D eigenvalue weighted by Gasteiger charge is -2.13. The molecule has 0 saturated carbocycles. The van der Waals surface area contributed by atoms with Crippen molar-refractivity contribution in [3.63, 3.8) is 0 Å². The first-order chi connectivity index (χ1) is 7.08. The van der Waals surface area contributed by atoms with Crippen LogP contribution in [-0.2, 0) is 6.42 Å². The summed E-state index contributed by atoms with van der Waals surface area (Å²) in [5.74, 6) is 0.158. The van der Waals surface area contributed by atoms with E-state index >= 15 is 0 Å². The fourth-order valence-corrected chi connectivity index (χ4v) is 2.06. The first-order valence-corrected chi connectivity index (χ1v) is 5.54. The van der Waals surface area contributed by atoms with Gasteiger partial charge in [-0.15, -0.1) is 0 Å². The molecule has 0 saturated heterocycles. The van der Waals surface area contributed by atoms with E-state index in [2.05, 4.69) is 45.9 Å². The van der Waals surface area contributed by atoms with Crippen molar-refractivity contribution < 1.29 is 0 Å². The molecule has 0 aliphatic rings. The van der Waals surface area contributed by atoms with E-state index in [0.29, 0.717) is 0 Å². The van der Waals surface area contributed by atoms with Gasteiger partial charge in [-0.2, -0.15) is 5.26 Å². The smallest absolute Gasteiger partial charge is 0.0659 e. The summed E-state index contributed by atoms with van der Waals surface area (Å²) in [6.45, 7) is 8.47. The molecule has 0 spiro atoms. The molecule has 0 aliphatic carbocycles. The molecule has 1 nitrogen and oxygen atoms in total. The summed E-state index contributed by atoms with van der Waals surface area (Å²) in [5, 5.41) is 8.97. The van der Waals surface area contributed by atoms with E-state index in [1.807, 2.05) is 0 Å². The predicted molar refractivity (Wildman–Crippen MR) is 63.8 cm³/mol. The van der Waals surface area contributed by atoms with Crippen LogP contribution >= 0.6 is 0 Å². The standard InChI is InChI=1S/C14H19N/c1-5-13(9-15)8-14-11(3)6-10(2)7-12(14)4/h6-7,13H,5,8H2,1-4H3. The lowest BCUT2D eigenvalue weighted by molar-refractivity contribution is 0.634. The maximum atomic E-state index is 8.97. The molecule has 0 aromatic heterocycles. The molecule has 0 heterocycles. The molecular weight excluding hydrogens is 182 g/mol. The Balaban J connectivity index is 3.00. The average Bonchev–Trinajstić information content (AvgIpc) is 2.17. The van der Waals surface area contributed by atoms with Crippen LogP contribution in [0.1, 0.15) is 35.6 Å². The van der Waals surface area contributed by atoms with E-state index in [-0.39, 0.29) is 5.92 Å². The lowest BCUT2D eigenvalue weighted by atomic mass is 9.91. The predicted octanol–water partition coefficient (Wildman–Crippen LogP) is 3.70. The molecule has 0 amide bonds. The van der Waals surface area contributed by atoms with Gasteiger partial charge in [-0.1, -0.05) is 24.6 Å². The van der Waals surface area contributed by atoms with Gasteiger partial charge in [0.2, 0.25) is 0 Å². The van der Waals surface area contributed by atoms with Crippen LogP contribution in [0.25, 0.3) is 0 Å².